The number of ether oxygens (including phenoxy) is 2. The lowest BCUT2D eigenvalue weighted by molar-refractivity contribution is -0.144. The number of fused-ring (bicyclic) bond motifs is 1. The van der Waals surface area contributed by atoms with Crippen LogP contribution in [0.5, 0.6) is 11.5 Å². The van der Waals surface area contributed by atoms with Crippen molar-refractivity contribution in [3.63, 3.8) is 0 Å². The van der Waals surface area contributed by atoms with E-state index in [0.29, 0.717) is 5.56 Å². The molecule has 8 heteroatoms. The highest BCUT2D eigenvalue weighted by atomic mass is 19.1. The van der Waals surface area contributed by atoms with E-state index < -0.39 is 47.3 Å². The number of carbonyl (C=O) groups is 4. The van der Waals surface area contributed by atoms with Gasteiger partial charge in [0.2, 0.25) is 11.6 Å². The van der Waals surface area contributed by atoms with Gasteiger partial charge in [0.15, 0.2) is 0 Å². The van der Waals surface area contributed by atoms with E-state index in [0.717, 1.165) is 6.92 Å². The van der Waals surface area contributed by atoms with E-state index >= 15 is 0 Å². The molecule has 1 aliphatic heterocycles. The van der Waals surface area contributed by atoms with Crippen molar-refractivity contribution in [3.05, 3.63) is 23.3 Å². The normalized spacial score (nSPS) is 24.9. The van der Waals surface area contributed by atoms with Gasteiger partial charge in [0.1, 0.15) is 28.8 Å². The van der Waals surface area contributed by atoms with Crippen molar-refractivity contribution in [3.8, 4) is 11.5 Å². The van der Waals surface area contributed by atoms with Crippen LogP contribution in [0.4, 0.5) is 4.39 Å². The van der Waals surface area contributed by atoms with Gasteiger partial charge in [0, 0.05) is 18.9 Å². The summed E-state index contributed by atoms with van der Waals surface area (Å²) in [5.41, 5.74) is -1.92. The Kier molecular flexibility index (Phi) is 6.53. The molecule has 0 aliphatic carbocycles. The zero-order chi connectivity index (χ0) is 21.1. The molecule has 1 aromatic rings. The Hall–Kier alpha value is -2.77. The second-order valence-electron chi connectivity index (χ2n) is 7.04. The van der Waals surface area contributed by atoms with E-state index in [9.17, 15) is 28.7 Å². The quantitative estimate of drug-likeness (QED) is 0.576. The third-order valence-corrected chi connectivity index (χ3v) is 4.94. The minimum atomic E-state index is -2.11. The van der Waals surface area contributed by atoms with Gasteiger partial charge in [-0.15, -0.1) is 0 Å². The summed E-state index contributed by atoms with van der Waals surface area (Å²) in [6, 6.07) is 2.73. The van der Waals surface area contributed by atoms with Crippen LogP contribution >= 0.6 is 0 Å². The molecule has 152 valence electrons. The van der Waals surface area contributed by atoms with Gasteiger partial charge in [0.05, 0.1) is 7.11 Å². The Bertz CT molecular complexity index is 813. The number of aromatic hydroxyl groups is 1. The van der Waals surface area contributed by atoms with Crippen LogP contribution < -0.4 is 4.74 Å². The highest BCUT2D eigenvalue weighted by molar-refractivity contribution is 6.63. The topological polar surface area (TPSA) is 107 Å². The van der Waals surface area contributed by atoms with Crippen molar-refractivity contribution < 1.29 is 38.1 Å². The van der Waals surface area contributed by atoms with Crippen LogP contribution in [0.15, 0.2) is 12.1 Å². The predicted molar refractivity (Wildman–Crippen MR) is 96.2 cm³/mol. The summed E-state index contributed by atoms with van der Waals surface area (Å²) in [4.78, 5) is 48.3. The SMILES string of the molecule is COc1cc(O)c2c(c1)CCCC(=O)C(=O)C(=O)CCC(C)(F)C(C)OC2=O. The fourth-order valence-electron chi connectivity index (χ4n) is 2.93. The lowest BCUT2D eigenvalue weighted by Crippen LogP contribution is -2.38. The second kappa shape index (κ2) is 8.50. The lowest BCUT2D eigenvalue weighted by atomic mass is 9.92. The minimum Gasteiger partial charge on any atom is -0.507 e. The number of methoxy groups -OCH3 is 1. The summed E-state index contributed by atoms with van der Waals surface area (Å²) >= 11 is 0. The first-order chi connectivity index (χ1) is 13.1. The van der Waals surface area contributed by atoms with Gasteiger partial charge in [-0.05, 0) is 44.7 Å². The van der Waals surface area contributed by atoms with Crippen molar-refractivity contribution in [2.45, 2.75) is 57.7 Å². The van der Waals surface area contributed by atoms with Gasteiger partial charge in [-0.25, -0.2) is 9.18 Å². The predicted octanol–water partition coefficient (Wildman–Crippen LogP) is 2.50. The Balaban J connectivity index is 2.45. The fourth-order valence-corrected chi connectivity index (χ4v) is 2.93. The zero-order valence-corrected chi connectivity index (χ0v) is 16.0. The molecule has 0 fully saturated rings. The maximum absolute atomic E-state index is 14.9. The van der Waals surface area contributed by atoms with Crippen molar-refractivity contribution >= 4 is 23.3 Å². The van der Waals surface area contributed by atoms with Crippen molar-refractivity contribution in [2.75, 3.05) is 7.11 Å². The zero-order valence-electron chi connectivity index (χ0n) is 16.0. The monoisotopic (exact) mass is 394 g/mol. The average molecular weight is 394 g/mol. The average Bonchev–Trinajstić information content (AvgIpc) is 2.63. The molecule has 0 saturated carbocycles. The summed E-state index contributed by atoms with van der Waals surface area (Å²) in [5.74, 6) is -3.98. The molecule has 2 atom stereocenters. The Morgan fingerprint density at radius 2 is 1.79 bits per heavy atom. The molecule has 0 aromatic heterocycles. The van der Waals surface area contributed by atoms with E-state index in [1.807, 2.05) is 0 Å². The molecule has 28 heavy (non-hydrogen) atoms. The summed E-state index contributed by atoms with van der Waals surface area (Å²) in [7, 11) is 1.38. The number of benzene rings is 1. The van der Waals surface area contributed by atoms with Crippen LogP contribution in [0.1, 0.15) is 55.5 Å². The molecule has 1 aliphatic rings. The molecule has 2 rings (SSSR count). The molecule has 0 saturated heterocycles. The molecule has 7 nitrogen and oxygen atoms in total. The number of rotatable bonds is 1. The van der Waals surface area contributed by atoms with Crippen LogP contribution in [0.25, 0.3) is 0 Å². The van der Waals surface area contributed by atoms with Crippen LogP contribution in [-0.4, -0.2) is 47.3 Å². The van der Waals surface area contributed by atoms with E-state index in [-0.39, 0.29) is 37.0 Å². The first-order valence-electron chi connectivity index (χ1n) is 8.97. The van der Waals surface area contributed by atoms with Crippen molar-refractivity contribution in [1.29, 1.82) is 0 Å². The van der Waals surface area contributed by atoms with Crippen LogP contribution in [0.3, 0.4) is 0 Å². The molecule has 1 N–H and O–H groups in total. The first-order valence-corrected chi connectivity index (χ1v) is 8.97. The summed E-state index contributed by atoms with van der Waals surface area (Å²) in [5, 5.41) is 10.2. The molecule has 0 amide bonds. The number of carbonyl (C=O) groups excluding carboxylic acids is 4. The number of ketones is 3. The highest BCUT2D eigenvalue weighted by Crippen LogP contribution is 2.32. The smallest absolute Gasteiger partial charge is 0.342 e. The molecule has 0 spiro atoms. The van der Waals surface area contributed by atoms with Gasteiger partial charge in [-0.1, -0.05) is 0 Å². The van der Waals surface area contributed by atoms with E-state index in [1.54, 1.807) is 0 Å². The number of alkyl halides is 1. The van der Waals surface area contributed by atoms with Crippen molar-refractivity contribution in [2.24, 2.45) is 0 Å². The van der Waals surface area contributed by atoms with Gasteiger partial charge in [-0.2, -0.15) is 0 Å². The molecule has 2 unspecified atom stereocenters. The Morgan fingerprint density at radius 3 is 2.43 bits per heavy atom. The van der Waals surface area contributed by atoms with Crippen molar-refractivity contribution in [1.82, 2.24) is 0 Å². The number of phenolic OH excluding ortho intramolecular Hbond substituents is 1. The number of aryl methyl sites for hydroxylation is 1. The van der Waals surface area contributed by atoms with E-state index in [2.05, 4.69) is 0 Å². The summed E-state index contributed by atoms with van der Waals surface area (Å²) < 4.78 is 25.2. The third kappa shape index (κ3) is 4.74. The van der Waals surface area contributed by atoms with Gasteiger partial charge in [-0.3, -0.25) is 14.4 Å². The number of Topliss-reactive ketones (excluding diaryl/α,β-unsaturated/α-hetero) is 3. The standard InChI is InChI=1S/C20H23FO7/c1-11-20(2,21)8-7-15(23)18(25)14(22)6-4-5-12-9-13(27-3)10-16(24)17(12)19(26)28-11/h9-11,24H,4-8H2,1-3H3. The maximum Gasteiger partial charge on any atom is 0.342 e. The first kappa shape index (κ1) is 21.5. The third-order valence-electron chi connectivity index (χ3n) is 4.94. The highest BCUT2D eigenvalue weighted by Gasteiger charge is 2.37. The molecule has 0 radical (unpaired) electrons. The van der Waals surface area contributed by atoms with Gasteiger partial charge >= 0.3 is 5.97 Å². The van der Waals surface area contributed by atoms with Gasteiger partial charge < -0.3 is 14.6 Å². The van der Waals surface area contributed by atoms with E-state index in [4.69, 9.17) is 9.47 Å². The van der Waals surface area contributed by atoms with Gasteiger partial charge in [0.25, 0.3) is 5.78 Å². The second-order valence-corrected chi connectivity index (χ2v) is 7.04. The van der Waals surface area contributed by atoms with Crippen LogP contribution in [-0.2, 0) is 25.5 Å². The van der Waals surface area contributed by atoms with Crippen LogP contribution in [0.2, 0.25) is 0 Å². The molecule has 1 aromatic carbocycles. The molecular formula is C20H23FO7. The molecular weight excluding hydrogens is 371 g/mol. The Labute approximate surface area is 161 Å². The Morgan fingerprint density at radius 1 is 1.14 bits per heavy atom. The van der Waals surface area contributed by atoms with Crippen LogP contribution in [0, 0.1) is 0 Å². The minimum absolute atomic E-state index is 0.143. The number of hydrogen-bond acceptors (Lipinski definition) is 7. The summed E-state index contributed by atoms with van der Waals surface area (Å²) in [6.45, 7) is 2.46. The summed E-state index contributed by atoms with van der Waals surface area (Å²) in [6.07, 6.45) is -2.00. The fraction of sp³-hybridized carbons (Fsp3) is 0.500. The number of cyclic esters (lactones) is 1. The number of halogens is 1. The molecule has 1 heterocycles. The van der Waals surface area contributed by atoms with E-state index in [1.165, 1.54) is 26.2 Å². The maximum atomic E-state index is 14.9. The molecule has 0 bridgehead atoms. The number of esters is 1. The lowest BCUT2D eigenvalue weighted by Gasteiger charge is -2.27. The number of phenols is 1. The number of hydrogen-bond donors (Lipinski definition) is 1. The largest absolute Gasteiger partial charge is 0.507 e.